The molecule has 0 unspecified atom stereocenters. The van der Waals surface area contributed by atoms with E-state index in [1.807, 2.05) is 18.2 Å². The molecule has 7 heteroatoms. The van der Waals surface area contributed by atoms with Crippen LogP contribution in [0.2, 0.25) is 0 Å². The number of hydrogen-bond acceptors (Lipinski definition) is 5. The predicted molar refractivity (Wildman–Crippen MR) is 74.2 cm³/mol. The van der Waals surface area contributed by atoms with Crippen LogP contribution in [-0.2, 0) is 6.61 Å². The maximum Gasteiger partial charge on any atom is 0.312 e. The molecule has 5 nitrogen and oxygen atoms in total. The maximum absolute atomic E-state index is 10.9. The Morgan fingerprint density at radius 2 is 2.21 bits per heavy atom. The van der Waals surface area contributed by atoms with Crippen LogP contribution in [0.5, 0.6) is 5.75 Å². The van der Waals surface area contributed by atoms with E-state index in [-0.39, 0.29) is 23.6 Å². The number of nitro groups is 1. The van der Waals surface area contributed by atoms with Gasteiger partial charge in [-0.3, -0.25) is 10.1 Å². The summed E-state index contributed by atoms with van der Waals surface area (Å²) in [6, 6.07) is 9.77. The van der Waals surface area contributed by atoms with Crippen molar-refractivity contribution >= 4 is 33.0 Å². The zero-order valence-corrected chi connectivity index (χ0v) is 11.9. The summed E-state index contributed by atoms with van der Waals surface area (Å²) in [4.78, 5) is 11.3. The third kappa shape index (κ3) is 3.30. The van der Waals surface area contributed by atoms with Gasteiger partial charge in [0.25, 0.3) is 0 Å². The molecule has 0 saturated carbocycles. The first-order chi connectivity index (χ1) is 9.10. The lowest BCUT2D eigenvalue weighted by atomic mass is 10.2. The summed E-state index contributed by atoms with van der Waals surface area (Å²) in [5, 5.41) is 19.6. The van der Waals surface area contributed by atoms with Gasteiger partial charge in [-0.1, -0.05) is 0 Å². The fraction of sp³-hybridized carbons (Fsp3) is 0.0833. The Hall–Kier alpha value is -1.91. The first kappa shape index (κ1) is 13.5. The van der Waals surface area contributed by atoms with Crippen LogP contribution < -0.4 is 4.74 Å². The van der Waals surface area contributed by atoms with E-state index in [0.717, 1.165) is 8.66 Å². The number of hydrogen-bond donors (Lipinski definition) is 0. The van der Waals surface area contributed by atoms with Crippen molar-refractivity contribution in [1.29, 1.82) is 5.26 Å². The van der Waals surface area contributed by atoms with E-state index in [2.05, 4.69) is 15.9 Å². The zero-order chi connectivity index (χ0) is 13.8. The Kier molecular flexibility index (Phi) is 4.14. The van der Waals surface area contributed by atoms with Crippen molar-refractivity contribution in [2.45, 2.75) is 6.61 Å². The molecule has 0 amide bonds. The number of nitro benzene ring substituents is 1. The molecule has 2 rings (SSSR count). The highest BCUT2D eigenvalue weighted by molar-refractivity contribution is 9.11. The molecular formula is C12H7BrN2O3S. The topological polar surface area (TPSA) is 76.2 Å². The molecule has 0 aliphatic rings. The van der Waals surface area contributed by atoms with Crippen LogP contribution >= 0.6 is 27.3 Å². The highest BCUT2D eigenvalue weighted by Gasteiger charge is 2.16. The predicted octanol–water partition coefficient (Wildman–Crippen LogP) is 3.87. The fourth-order valence-electron chi connectivity index (χ4n) is 1.43. The maximum atomic E-state index is 10.9. The average molecular weight is 339 g/mol. The lowest BCUT2D eigenvalue weighted by Crippen LogP contribution is -1.98. The molecular weight excluding hydrogens is 332 g/mol. The van der Waals surface area contributed by atoms with Crippen LogP contribution in [0.15, 0.2) is 34.1 Å². The van der Waals surface area contributed by atoms with E-state index in [1.165, 1.54) is 29.5 Å². The lowest BCUT2D eigenvalue weighted by molar-refractivity contribution is -0.386. The molecule has 1 heterocycles. The van der Waals surface area contributed by atoms with Gasteiger partial charge in [0.1, 0.15) is 6.61 Å². The summed E-state index contributed by atoms with van der Waals surface area (Å²) >= 11 is 4.83. The second-order valence-corrected chi connectivity index (χ2v) is 6.09. The van der Waals surface area contributed by atoms with E-state index in [0.29, 0.717) is 0 Å². The van der Waals surface area contributed by atoms with Gasteiger partial charge >= 0.3 is 5.69 Å². The summed E-state index contributed by atoms with van der Waals surface area (Å²) in [6.45, 7) is 0.253. The third-order valence-electron chi connectivity index (χ3n) is 2.28. The van der Waals surface area contributed by atoms with Crippen LogP contribution in [0.4, 0.5) is 5.69 Å². The van der Waals surface area contributed by atoms with Gasteiger partial charge in [0.05, 0.1) is 20.3 Å². The lowest BCUT2D eigenvalue weighted by Gasteiger charge is -2.05. The standard InChI is InChI=1S/C12H7BrN2O3S/c13-12-4-2-9(19-12)7-18-11-3-1-8(6-14)5-10(11)15(16)17/h1-5H,7H2. The van der Waals surface area contributed by atoms with Gasteiger partial charge < -0.3 is 4.74 Å². The smallest absolute Gasteiger partial charge is 0.312 e. The van der Waals surface area contributed by atoms with Crippen LogP contribution in [0.3, 0.4) is 0 Å². The SMILES string of the molecule is N#Cc1ccc(OCc2ccc(Br)s2)c([N+](=O)[O-])c1. The Bertz CT molecular complexity index is 663. The second kappa shape index (κ2) is 5.82. The number of benzene rings is 1. The summed E-state index contributed by atoms with van der Waals surface area (Å²) in [6.07, 6.45) is 0. The number of halogens is 1. The molecule has 0 saturated heterocycles. The zero-order valence-electron chi connectivity index (χ0n) is 9.50. The van der Waals surface area contributed by atoms with Gasteiger partial charge in [-0.15, -0.1) is 11.3 Å². The van der Waals surface area contributed by atoms with E-state index in [4.69, 9.17) is 10.00 Å². The molecule has 0 aliphatic heterocycles. The molecule has 1 aromatic carbocycles. The molecule has 19 heavy (non-hydrogen) atoms. The number of nitrogens with zero attached hydrogens (tertiary/aromatic N) is 2. The monoisotopic (exact) mass is 338 g/mol. The molecule has 0 spiro atoms. The van der Waals surface area contributed by atoms with Crippen LogP contribution in [0, 0.1) is 21.4 Å². The minimum absolute atomic E-state index is 0.161. The molecule has 0 radical (unpaired) electrons. The largest absolute Gasteiger partial charge is 0.481 e. The van der Waals surface area contributed by atoms with E-state index in [1.54, 1.807) is 0 Å². The highest BCUT2D eigenvalue weighted by atomic mass is 79.9. The van der Waals surface area contributed by atoms with E-state index < -0.39 is 4.92 Å². The van der Waals surface area contributed by atoms with Crippen molar-refractivity contribution in [2.75, 3.05) is 0 Å². The van der Waals surface area contributed by atoms with Gasteiger partial charge in [0.2, 0.25) is 0 Å². The third-order valence-corrected chi connectivity index (χ3v) is 3.88. The fourth-order valence-corrected chi connectivity index (χ4v) is 2.83. The summed E-state index contributed by atoms with van der Waals surface area (Å²) < 4.78 is 6.41. The molecule has 0 fully saturated rings. The van der Waals surface area contributed by atoms with Gasteiger partial charge in [0, 0.05) is 10.9 Å². The summed E-state index contributed by atoms with van der Waals surface area (Å²) in [5.41, 5.74) is 0.0348. The Morgan fingerprint density at radius 3 is 2.79 bits per heavy atom. The number of ether oxygens (including phenoxy) is 1. The summed E-state index contributed by atoms with van der Waals surface area (Å²) in [7, 11) is 0. The van der Waals surface area contributed by atoms with Gasteiger partial charge in [-0.2, -0.15) is 5.26 Å². The van der Waals surface area contributed by atoms with Crippen molar-refractivity contribution in [3.63, 3.8) is 0 Å². The minimum Gasteiger partial charge on any atom is -0.481 e. The van der Waals surface area contributed by atoms with Gasteiger partial charge in [0.15, 0.2) is 5.75 Å². The van der Waals surface area contributed by atoms with Gasteiger partial charge in [-0.05, 0) is 40.2 Å². The highest BCUT2D eigenvalue weighted by Crippen LogP contribution is 2.30. The van der Waals surface area contributed by atoms with Crippen molar-refractivity contribution in [2.24, 2.45) is 0 Å². The number of nitriles is 1. The molecule has 1 aromatic heterocycles. The molecule has 0 atom stereocenters. The molecule has 0 aliphatic carbocycles. The van der Waals surface area contributed by atoms with Crippen molar-refractivity contribution < 1.29 is 9.66 Å². The van der Waals surface area contributed by atoms with Gasteiger partial charge in [-0.25, -0.2) is 0 Å². The van der Waals surface area contributed by atoms with Crippen LogP contribution in [0.25, 0.3) is 0 Å². The Morgan fingerprint density at radius 1 is 1.42 bits per heavy atom. The molecule has 0 N–H and O–H groups in total. The molecule has 96 valence electrons. The number of thiophene rings is 1. The quantitative estimate of drug-likeness (QED) is 0.626. The molecule has 0 bridgehead atoms. The van der Waals surface area contributed by atoms with Crippen molar-refractivity contribution in [3.8, 4) is 11.8 Å². The Labute approximate surface area is 121 Å². The minimum atomic E-state index is -0.555. The van der Waals surface area contributed by atoms with Crippen molar-refractivity contribution in [1.82, 2.24) is 0 Å². The van der Waals surface area contributed by atoms with Crippen LogP contribution in [-0.4, -0.2) is 4.92 Å². The van der Waals surface area contributed by atoms with Crippen molar-refractivity contribution in [3.05, 3.63) is 54.7 Å². The molecule has 2 aromatic rings. The summed E-state index contributed by atoms with van der Waals surface area (Å²) in [5.74, 6) is 0.161. The van der Waals surface area contributed by atoms with Crippen LogP contribution in [0.1, 0.15) is 10.4 Å². The first-order valence-corrected chi connectivity index (χ1v) is 6.76. The van der Waals surface area contributed by atoms with E-state index >= 15 is 0 Å². The van der Waals surface area contributed by atoms with E-state index in [9.17, 15) is 10.1 Å². The normalized spacial score (nSPS) is 9.89. The Balaban J connectivity index is 2.20. The average Bonchev–Trinajstić information content (AvgIpc) is 2.82. The number of rotatable bonds is 4. The second-order valence-electron chi connectivity index (χ2n) is 3.55. The first-order valence-electron chi connectivity index (χ1n) is 5.15.